The lowest BCUT2D eigenvalue weighted by molar-refractivity contribution is -0.125. The van der Waals surface area contributed by atoms with Crippen LogP contribution in [0.15, 0.2) is 24.3 Å². The summed E-state index contributed by atoms with van der Waals surface area (Å²) in [6.07, 6.45) is 2.09. The Morgan fingerprint density at radius 1 is 1.31 bits per heavy atom. The topological polar surface area (TPSA) is 78.5 Å². The van der Waals surface area contributed by atoms with Crippen LogP contribution in [0.25, 0.3) is 0 Å². The molecule has 0 radical (unpaired) electrons. The second-order valence-corrected chi connectivity index (χ2v) is 7.90. The van der Waals surface area contributed by atoms with Crippen LogP contribution in [0.5, 0.6) is 0 Å². The predicted molar refractivity (Wildman–Crippen MR) is 105 cm³/mol. The summed E-state index contributed by atoms with van der Waals surface area (Å²) < 4.78 is 0. The average molecular weight is 398 g/mol. The Bertz CT molecular complexity index is 676. The number of hydrogen-bond donors (Lipinski definition) is 2. The normalized spacial score (nSPS) is 19.2. The number of hydrogen-bond acceptors (Lipinski definition) is 5. The number of imide groups is 1. The lowest BCUT2D eigenvalue weighted by Gasteiger charge is -2.34. The van der Waals surface area contributed by atoms with E-state index < -0.39 is 0 Å². The van der Waals surface area contributed by atoms with Crippen molar-refractivity contribution in [2.75, 3.05) is 25.4 Å². The summed E-state index contributed by atoms with van der Waals surface area (Å²) >= 11 is 1.02. The first kappa shape index (κ1) is 20.7. The van der Waals surface area contributed by atoms with Gasteiger partial charge < -0.3 is 10.6 Å². The summed E-state index contributed by atoms with van der Waals surface area (Å²) in [5.74, 6) is -0.0920. The largest absolute Gasteiger partial charge is 0.351 e. The minimum Gasteiger partial charge on any atom is -0.351 e. The van der Waals surface area contributed by atoms with Crippen LogP contribution in [0.3, 0.4) is 0 Å². The molecule has 0 aromatic heterocycles. The summed E-state index contributed by atoms with van der Waals surface area (Å²) in [6, 6.07) is 7.12. The van der Waals surface area contributed by atoms with Gasteiger partial charge in [-0.1, -0.05) is 30.8 Å². The van der Waals surface area contributed by atoms with E-state index in [9.17, 15) is 14.4 Å². The molecule has 3 amide bonds. The van der Waals surface area contributed by atoms with Crippen molar-refractivity contribution in [2.45, 2.75) is 26.3 Å². The molecule has 3 rings (SSSR count). The minimum atomic E-state index is -0.223. The van der Waals surface area contributed by atoms with E-state index in [2.05, 4.69) is 17.6 Å². The molecule has 2 heterocycles. The van der Waals surface area contributed by atoms with Crippen molar-refractivity contribution in [2.24, 2.45) is 5.41 Å². The first-order valence-electron chi connectivity index (χ1n) is 8.52. The van der Waals surface area contributed by atoms with Gasteiger partial charge in [-0.3, -0.25) is 19.3 Å². The number of halogens is 1. The molecule has 0 bridgehead atoms. The third-order valence-corrected chi connectivity index (χ3v) is 5.72. The Morgan fingerprint density at radius 3 is 2.69 bits per heavy atom. The van der Waals surface area contributed by atoms with E-state index in [1.807, 2.05) is 6.07 Å². The molecule has 8 heteroatoms. The van der Waals surface area contributed by atoms with Crippen LogP contribution in [0.4, 0.5) is 4.79 Å². The standard InChI is InChI=1S/C18H23N3O3S.ClH/c1-18(5-7-19-8-6-18)12-20-16(23)14-4-2-3-13(9-14)10-21-15(22)11-25-17(21)24;/h2-4,9,19H,5-8,10-12H2,1H3,(H,20,23);1H. The van der Waals surface area contributed by atoms with Gasteiger partial charge in [0.2, 0.25) is 5.91 Å². The fourth-order valence-corrected chi connectivity index (χ4v) is 3.86. The van der Waals surface area contributed by atoms with Crippen LogP contribution >= 0.6 is 24.2 Å². The molecule has 0 spiro atoms. The zero-order valence-electron chi connectivity index (χ0n) is 14.7. The number of nitrogens with zero attached hydrogens (tertiary/aromatic N) is 1. The van der Waals surface area contributed by atoms with E-state index in [-0.39, 0.29) is 47.2 Å². The maximum atomic E-state index is 12.5. The molecule has 0 atom stereocenters. The van der Waals surface area contributed by atoms with E-state index in [4.69, 9.17) is 0 Å². The van der Waals surface area contributed by atoms with E-state index in [0.29, 0.717) is 12.1 Å². The van der Waals surface area contributed by atoms with Crippen LogP contribution in [-0.2, 0) is 11.3 Å². The molecule has 0 aliphatic carbocycles. The summed E-state index contributed by atoms with van der Waals surface area (Å²) in [7, 11) is 0. The first-order valence-corrected chi connectivity index (χ1v) is 9.50. The van der Waals surface area contributed by atoms with E-state index >= 15 is 0 Å². The highest BCUT2D eigenvalue weighted by atomic mass is 35.5. The van der Waals surface area contributed by atoms with Gasteiger partial charge in [0.25, 0.3) is 11.1 Å². The molecular weight excluding hydrogens is 374 g/mol. The molecule has 0 saturated carbocycles. The van der Waals surface area contributed by atoms with Crippen LogP contribution in [0.2, 0.25) is 0 Å². The van der Waals surface area contributed by atoms with Crippen LogP contribution < -0.4 is 10.6 Å². The average Bonchev–Trinajstić information content (AvgIpc) is 2.93. The van der Waals surface area contributed by atoms with Gasteiger partial charge in [-0.2, -0.15) is 0 Å². The zero-order valence-corrected chi connectivity index (χ0v) is 16.4. The molecule has 2 N–H and O–H groups in total. The lowest BCUT2D eigenvalue weighted by atomic mass is 9.81. The van der Waals surface area contributed by atoms with Crippen molar-refractivity contribution in [1.82, 2.24) is 15.5 Å². The lowest BCUT2D eigenvalue weighted by Crippen LogP contribution is -2.42. The second kappa shape index (κ2) is 8.88. The number of amides is 3. The summed E-state index contributed by atoms with van der Waals surface area (Å²) in [5, 5.41) is 6.14. The molecule has 1 aromatic carbocycles. The van der Waals surface area contributed by atoms with Gasteiger partial charge in [-0.25, -0.2) is 0 Å². The third-order valence-electron chi connectivity index (χ3n) is 4.86. The monoisotopic (exact) mass is 397 g/mol. The second-order valence-electron chi connectivity index (χ2n) is 6.98. The van der Waals surface area contributed by atoms with Gasteiger partial charge in [0.1, 0.15) is 0 Å². The molecule has 2 fully saturated rings. The van der Waals surface area contributed by atoms with Gasteiger partial charge >= 0.3 is 0 Å². The van der Waals surface area contributed by atoms with Crippen molar-refractivity contribution in [3.05, 3.63) is 35.4 Å². The third kappa shape index (κ3) is 4.99. The highest BCUT2D eigenvalue weighted by Gasteiger charge is 2.30. The van der Waals surface area contributed by atoms with Crippen LogP contribution in [0, 0.1) is 5.41 Å². The van der Waals surface area contributed by atoms with E-state index in [1.54, 1.807) is 18.2 Å². The highest BCUT2D eigenvalue weighted by molar-refractivity contribution is 8.14. The molecule has 142 valence electrons. The smallest absolute Gasteiger partial charge is 0.289 e. The quantitative estimate of drug-likeness (QED) is 0.797. The van der Waals surface area contributed by atoms with Crippen molar-refractivity contribution in [3.63, 3.8) is 0 Å². The Labute approximate surface area is 163 Å². The molecular formula is C18H24ClN3O3S. The number of carbonyl (C=O) groups excluding carboxylic acids is 3. The molecule has 6 nitrogen and oxygen atoms in total. The Balaban J connectivity index is 0.00000243. The van der Waals surface area contributed by atoms with Gasteiger partial charge in [0.15, 0.2) is 0 Å². The van der Waals surface area contributed by atoms with Gasteiger partial charge in [0.05, 0.1) is 12.3 Å². The highest BCUT2D eigenvalue weighted by Crippen LogP contribution is 2.27. The summed E-state index contributed by atoms with van der Waals surface area (Å²) in [6.45, 7) is 5.04. The molecule has 2 aliphatic heterocycles. The summed E-state index contributed by atoms with van der Waals surface area (Å²) in [5.41, 5.74) is 1.47. The first-order chi connectivity index (χ1) is 12.0. The number of carbonyl (C=O) groups is 3. The molecule has 2 saturated heterocycles. The van der Waals surface area contributed by atoms with E-state index in [0.717, 1.165) is 43.3 Å². The predicted octanol–water partition coefficient (Wildman–Crippen LogP) is 2.42. The number of benzene rings is 1. The van der Waals surface area contributed by atoms with Crippen molar-refractivity contribution < 1.29 is 14.4 Å². The number of thioether (sulfide) groups is 1. The maximum Gasteiger partial charge on any atom is 0.289 e. The molecule has 0 unspecified atom stereocenters. The number of rotatable bonds is 5. The SMILES string of the molecule is CC1(CNC(=O)c2cccc(CN3C(=O)CSC3=O)c2)CCNCC1.Cl. The Hall–Kier alpha value is -1.57. The van der Waals surface area contributed by atoms with Crippen LogP contribution in [-0.4, -0.2) is 47.3 Å². The van der Waals surface area contributed by atoms with Crippen LogP contribution in [0.1, 0.15) is 35.7 Å². The fraction of sp³-hybridized carbons (Fsp3) is 0.500. The molecule has 1 aromatic rings. The van der Waals surface area contributed by atoms with Crippen molar-refractivity contribution in [3.8, 4) is 0 Å². The van der Waals surface area contributed by atoms with E-state index in [1.165, 1.54) is 4.90 Å². The van der Waals surface area contributed by atoms with Gasteiger partial charge in [0, 0.05) is 12.1 Å². The fourth-order valence-electron chi connectivity index (χ4n) is 3.13. The Morgan fingerprint density at radius 2 is 2.04 bits per heavy atom. The minimum absolute atomic E-state index is 0. The number of piperidine rings is 1. The summed E-state index contributed by atoms with van der Waals surface area (Å²) in [4.78, 5) is 37.1. The maximum absolute atomic E-state index is 12.5. The molecule has 2 aliphatic rings. The molecule has 26 heavy (non-hydrogen) atoms. The van der Waals surface area contributed by atoms with Gasteiger partial charge in [-0.15, -0.1) is 12.4 Å². The Kier molecular flexibility index (Phi) is 7.08. The number of nitrogens with one attached hydrogen (secondary N) is 2. The van der Waals surface area contributed by atoms with Gasteiger partial charge in [-0.05, 0) is 49.0 Å². The zero-order chi connectivity index (χ0) is 17.9. The van der Waals surface area contributed by atoms with Crippen molar-refractivity contribution in [1.29, 1.82) is 0 Å². The van der Waals surface area contributed by atoms with Crippen molar-refractivity contribution >= 4 is 41.2 Å².